The van der Waals surface area contributed by atoms with E-state index in [9.17, 15) is 26.7 Å². The highest BCUT2D eigenvalue weighted by atomic mass is 32.2. The lowest BCUT2D eigenvalue weighted by Gasteiger charge is -2.37. The molecule has 2 saturated heterocycles. The summed E-state index contributed by atoms with van der Waals surface area (Å²) in [6, 6.07) is 4.12. The van der Waals surface area contributed by atoms with Crippen molar-refractivity contribution in [1.29, 1.82) is 0 Å². The Morgan fingerprint density at radius 3 is 2.40 bits per heavy atom. The van der Waals surface area contributed by atoms with Crippen molar-refractivity contribution >= 4 is 21.8 Å². The third-order valence-electron chi connectivity index (χ3n) is 9.73. The molecule has 0 saturated carbocycles. The predicted octanol–water partition coefficient (Wildman–Crippen LogP) is 5.19. The molecule has 3 aliphatic rings. The van der Waals surface area contributed by atoms with Crippen LogP contribution < -0.4 is 0 Å². The summed E-state index contributed by atoms with van der Waals surface area (Å²) in [5.41, 5.74) is 2.15. The molecule has 2 aromatic rings. The number of fused-ring (bicyclic) bond motifs is 1. The van der Waals surface area contributed by atoms with E-state index in [0.717, 1.165) is 70.2 Å². The molecule has 13 heteroatoms. The summed E-state index contributed by atoms with van der Waals surface area (Å²) >= 11 is 1.21. The predicted molar refractivity (Wildman–Crippen MR) is 173 cm³/mol. The molecular formula is C32H48F3N5O3S2. The highest BCUT2D eigenvalue weighted by Gasteiger charge is 2.35. The van der Waals surface area contributed by atoms with Gasteiger partial charge in [0.05, 0.1) is 30.2 Å². The minimum Gasteiger partial charge on any atom is -0.390 e. The van der Waals surface area contributed by atoms with Crippen molar-refractivity contribution in [2.45, 2.75) is 83.1 Å². The van der Waals surface area contributed by atoms with E-state index in [2.05, 4.69) is 30.6 Å². The molecule has 0 bridgehead atoms. The normalized spacial score (nSPS) is 21.6. The summed E-state index contributed by atoms with van der Waals surface area (Å²) in [5.74, 6) is 1.22. The molecule has 1 aromatic carbocycles. The lowest BCUT2D eigenvalue weighted by molar-refractivity contribution is -0.139. The van der Waals surface area contributed by atoms with Crippen molar-refractivity contribution in [1.82, 2.24) is 23.9 Å². The number of aliphatic hydroxyl groups excluding tert-OH is 1. The maximum absolute atomic E-state index is 14.1. The first kappa shape index (κ1) is 34.7. The summed E-state index contributed by atoms with van der Waals surface area (Å²) in [5, 5.41) is 15.9. The lowest BCUT2D eigenvalue weighted by Crippen LogP contribution is -2.42. The van der Waals surface area contributed by atoms with Crippen LogP contribution in [-0.2, 0) is 35.7 Å². The number of hydrogen-bond donors (Lipinski definition) is 1. The van der Waals surface area contributed by atoms with Gasteiger partial charge in [-0.2, -0.15) is 22.6 Å². The zero-order chi connectivity index (χ0) is 32.6. The monoisotopic (exact) mass is 671 g/mol. The Morgan fingerprint density at radius 1 is 1.07 bits per heavy atom. The Labute approximate surface area is 270 Å². The Balaban J connectivity index is 1.40. The van der Waals surface area contributed by atoms with Gasteiger partial charge in [-0.15, -0.1) is 11.8 Å². The maximum Gasteiger partial charge on any atom is 0.417 e. The number of hydrogen-bond acceptors (Lipinski definition) is 7. The molecule has 0 spiro atoms. The average Bonchev–Trinajstić information content (AvgIpc) is 3.31. The van der Waals surface area contributed by atoms with Crippen LogP contribution in [0.4, 0.5) is 13.2 Å². The van der Waals surface area contributed by atoms with E-state index >= 15 is 0 Å². The minimum atomic E-state index is -4.50. The van der Waals surface area contributed by atoms with Gasteiger partial charge in [0.25, 0.3) is 0 Å². The number of β-amino-alcohol motifs (C(OH)–C–C–N with tert-alkyl or cyclic N) is 1. The van der Waals surface area contributed by atoms with Crippen molar-refractivity contribution < 1.29 is 26.7 Å². The summed E-state index contributed by atoms with van der Waals surface area (Å²) < 4.78 is 70.4. The smallest absolute Gasteiger partial charge is 0.390 e. The summed E-state index contributed by atoms with van der Waals surface area (Å²) in [7, 11) is -3.49. The Bertz CT molecular complexity index is 1430. The van der Waals surface area contributed by atoms with Crippen LogP contribution in [0.1, 0.15) is 63.3 Å². The largest absolute Gasteiger partial charge is 0.417 e. The number of thioether (sulfide) groups is 1. The van der Waals surface area contributed by atoms with Crippen molar-refractivity contribution in [3.8, 4) is 11.3 Å². The molecule has 1 aromatic heterocycles. The first-order chi connectivity index (χ1) is 21.1. The number of aromatic nitrogens is 2. The van der Waals surface area contributed by atoms with E-state index in [1.807, 2.05) is 0 Å². The van der Waals surface area contributed by atoms with Gasteiger partial charge in [0.1, 0.15) is 0 Å². The maximum atomic E-state index is 14.1. The molecule has 0 amide bonds. The van der Waals surface area contributed by atoms with Crippen molar-refractivity contribution in [3.63, 3.8) is 0 Å². The zero-order valence-corrected chi connectivity index (χ0v) is 28.6. The van der Waals surface area contributed by atoms with Crippen molar-refractivity contribution in [3.05, 3.63) is 35.0 Å². The van der Waals surface area contributed by atoms with E-state index in [0.29, 0.717) is 46.9 Å². The highest BCUT2D eigenvalue weighted by Crippen LogP contribution is 2.40. The molecule has 1 N–H and O–H groups in total. The Morgan fingerprint density at radius 2 is 1.76 bits per heavy atom. The van der Waals surface area contributed by atoms with Crippen LogP contribution >= 0.6 is 11.8 Å². The van der Waals surface area contributed by atoms with E-state index in [-0.39, 0.29) is 24.5 Å². The number of aliphatic hydroxyl groups is 1. The zero-order valence-electron chi connectivity index (χ0n) is 26.9. The highest BCUT2D eigenvalue weighted by molar-refractivity contribution is 7.99. The molecule has 45 heavy (non-hydrogen) atoms. The second-order valence-corrected chi connectivity index (χ2v) is 17.1. The Kier molecular flexibility index (Phi) is 10.7. The number of rotatable bonds is 10. The van der Waals surface area contributed by atoms with Gasteiger partial charge in [0, 0.05) is 60.1 Å². The summed E-state index contributed by atoms with van der Waals surface area (Å²) in [6.07, 6.45) is 0.738. The first-order valence-electron chi connectivity index (χ1n) is 16.1. The topological polar surface area (TPSA) is 81.9 Å². The van der Waals surface area contributed by atoms with Crippen LogP contribution in [-0.4, -0.2) is 101 Å². The molecular weight excluding hydrogens is 624 g/mol. The molecule has 5 rings (SSSR count). The summed E-state index contributed by atoms with van der Waals surface area (Å²) in [4.78, 5) is 4.73. The van der Waals surface area contributed by atoms with Gasteiger partial charge in [0.2, 0.25) is 10.0 Å². The second-order valence-electron chi connectivity index (χ2n) is 14.0. The van der Waals surface area contributed by atoms with E-state index in [1.165, 1.54) is 28.4 Å². The molecule has 0 unspecified atom stereocenters. The molecule has 252 valence electrons. The molecule has 2 fully saturated rings. The number of sulfonamides is 1. The van der Waals surface area contributed by atoms with Crippen LogP contribution in [0.15, 0.2) is 23.1 Å². The van der Waals surface area contributed by atoms with Crippen molar-refractivity contribution in [2.75, 3.05) is 57.8 Å². The van der Waals surface area contributed by atoms with Crippen LogP contribution in [0.2, 0.25) is 0 Å². The van der Waals surface area contributed by atoms with Gasteiger partial charge < -0.3 is 14.9 Å². The van der Waals surface area contributed by atoms with Crippen LogP contribution in [0.5, 0.6) is 0 Å². The fourth-order valence-corrected chi connectivity index (χ4v) is 8.53. The SMILES string of the molecule is CC1CCN(CCSc2cc(-c3nn(C[C@@H](O)CN4CCC(C)(C)CC4)c4c3CN(S(C)(=O)=O)CC4)ccc2C(F)(F)F)CC1. The molecule has 3 aliphatic heterocycles. The van der Waals surface area contributed by atoms with E-state index in [4.69, 9.17) is 5.10 Å². The number of alkyl halides is 3. The van der Waals surface area contributed by atoms with Crippen LogP contribution in [0, 0.1) is 11.3 Å². The Hall–Kier alpha value is -1.64. The van der Waals surface area contributed by atoms with Gasteiger partial charge in [0.15, 0.2) is 0 Å². The number of likely N-dealkylation sites (tertiary alicyclic amines) is 2. The third kappa shape index (κ3) is 8.84. The van der Waals surface area contributed by atoms with Crippen LogP contribution in [0.3, 0.4) is 0 Å². The minimum absolute atomic E-state index is 0.0949. The molecule has 8 nitrogen and oxygen atoms in total. The van der Waals surface area contributed by atoms with Gasteiger partial charge in [-0.25, -0.2) is 8.42 Å². The third-order valence-corrected chi connectivity index (χ3v) is 12.0. The number of halogens is 3. The average molecular weight is 672 g/mol. The van der Waals surface area contributed by atoms with Gasteiger partial charge >= 0.3 is 6.18 Å². The first-order valence-corrected chi connectivity index (χ1v) is 18.9. The summed E-state index contributed by atoms with van der Waals surface area (Å²) in [6.45, 7) is 12.4. The van der Waals surface area contributed by atoms with E-state index in [1.54, 1.807) is 10.7 Å². The molecule has 4 heterocycles. The number of piperidine rings is 2. The second kappa shape index (κ2) is 13.8. The quantitative estimate of drug-likeness (QED) is 0.348. The number of benzene rings is 1. The number of nitrogens with zero attached hydrogens (tertiary/aromatic N) is 5. The standard InChI is InChI=1S/C32H48F3N5O3S2/c1-23-7-12-37(13-8-23)17-18-44-29-19-24(5-6-27(29)32(33,34)35)30-26-22-39(45(4,42)43)14-9-28(26)40(36-30)21-25(41)20-38-15-10-31(2,3)11-16-38/h5-6,19,23,25,41H,7-18,20-22H2,1-4H3/t25-/m0/s1. The van der Waals surface area contributed by atoms with Crippen LogP contribution in [0.25, 0.3) is 11.3 Å². The fourth-order valence-electron chi connectivity index (χ4n) is 6.62. The van der Waals surface area contributed by atoms with Gasteiger partial charge in [-0.1, -0.05) is 26.8 Å². The fraction of sp³-hybridized carbons (Fsp3) is 0.719. The molecule has 0 radical (unpaired) electrons. The molecule has 1 atom stereocenters. The van der Waals surface area contributed by atoms with E-state index < -0.39 is 27.9 Å². The van der Waals surface area contributed by atoms with Gasteiger partial charge in [-0.3, -0.25) is 4.68 Å². The molecule has 0 aliphatic carbocycles. The lowest BCUT2D eigenvalue weighted by atomic mass is 9.82. The van der Waals surface area contributed by atoms with Crippen molar-refractivity contribution in [2.24, 2.45) is 11.3 Å². The van der Waals surface area contributed by atoms with Gasteiger partial charge in [-0.05, 0) is 75.3 Å².